The molecule has 0 saturated carbocycles. The highest BCUT2D eigenvalue weighted by molar-refractivity contribution is 7.89. The van der Waals surface area contributed by atoms with Gasteiger partial charge in [0.15, 0.2) is 0 Å². The van der Waals surface area contributed by atoms with Crippen LogP contribution in [0.1, 0.15) is 40.0 Å². The van der Waals surface area contributed by atoms with E-state index in [9.17, 15) is 22.8 Å². The maximum absolute atomic E-state index is 13.1. The lowest BCUT2D eigenvalue weighted by atomic mass is 10.1. The van der Waals surface area contributed by atoms with Gasteiger partial charge in [0, 0.05) is 25.6 Å². The number of hydrogen-bond acceptors (Lipinski definition) is 8. The Morgan fingerprint density at radius 1 is 1.18 bits per heavy atom. The monoisotopic (exact) mass is 500 g/mol. The minimum atomic E-state index is -4.09. The molecule has 2 atom stereocenters. The van der Waals surface area contributed by atoms with Crippen LogP contribution in [0.2, 0.25) is 0 Å². The van der Waals surface area contributed by atoms with E-state index < -0.39 is 39.7 Å². The number of alkyl carbamates (subject to hydrolysis) is 1. The average molecular weight is 501 g/mol. The van der Waals surface area contributed by atoms with Crippen molar-refractivity contribution < 1.29 is 37.5 Å². The van der Waals surface area contributed by atoms with Crippen molar-refractivity contribution in [2.75, 3.05) is 20.2 Å². The minimum Gasteiger partial charge on any atom is -0.497 e. The molecule has 1 fully saturated rings. The normalized spacial score (nSPS) is 18.7. The Hall–Kier alpha value is -2.90. The lowest BCUT2D eigenvalue weighted by Crippen LogP contribution is -2.45. The van der Waals surface area contributed by atoms with E-state index in [0.717, 1.165) is 4.31 Å². The fourth-order valence-corrected chi connectivity index (χ4v) is 5.07. The van der Waals surface area contributed by atoms with E-state index in [1.807, 2.05) is 0 Å². The van der Waals surface area contributed by atoms with Crippen molar-refractivity contribution in [2.24, 2.45) is 0 Å². The Morgan fingerprint density at radius 2 is 1.82 bits per heavy atom. The molecule has 34 heavy (non-hydrogen) atoms. The predicted octanol–water partition coefficient (Wildman–Crippen LogP) is 0.753. The second kappa shape index (κ2) is 11.5. The van der Waals surface area contributed by atoms with Gasteiger partial charge in [-0.3, -0.25) is 14.8 Å². The molecule has 0 bridgehead atoms. The summed E-state index contributed by atoms with van der Waals surface area (Å²) in [5, 5.41) is 14.3. The number of carbonyl (C=O) groups excluding carboxylic acids is 3. The Labute approximate surface area is 199 Å². The molecule has 12 nitrogen and oxygen atoms in total. The van der Waals surface area contributed by atoms with Gasteiger partial charge >= 0.3 is 6.09 Å². The second-order valence-electron chi connectivity index (χ2n) is 8.77. The molecule has 1 aromatic rings. The zero-order chi connectivity index (χ0) is 25.5. The number of hydroxylamine groups is 1. The van der Waals surface area contributed by atoms with E-state index in [1.165, 1.54) is 36.9 Å². The van der Waals surface area contributed by atoms with Crippen molar-refractivity contribution in [2.45, 2.75) is 62.6 Å². The molecule has 190 valence electrons. The van der Waals surface area contributed by atoms with Gasteiger partial charge in [-0.25, -0.2) is 18.7 Å². The Morgan fingerprint density at radius 3 is 2.38 bits per heavy atom. The van der Waals surface area contributed by atoms with Crippen molar-refractivity contribution in [1.82, 2.24) is 20.4 Å². The number of amides is 3. The first-order chi connectivity index (χ1) is 15.9. The molecule has 4 N–H and O–H groups in total. The number of ether oxygens (including phenoxy) is 2. The fourth-order valence-electron chi connectivity index (χ4n) is 3.43. The third-order valence-corrected chi connectivity index (χ3v) is 6.84. The maximum atomic E-state index is 13.1. The molecule has 0 unspecified atom stereocenters. The molecule has 0 radical (unpaired) electrons. The van der Waals surface area contributed by atoms with E-state index >= 15 is 0 Å². The van der Waals surface area contributed by atoms with Gasteiger partial charge in [-0.2, -0.15) is 4.31 Å². The number of nitrogens with one attached hydrogen (secondary N) is 3. The first-order valence-corrected chi connectivity index (χ1v) is 12.2. The lowest BCUT2D eigenvalue weighted by molar-refractivity contribution is -0.132. The minimum absolute atomic E-state index is 0.0102. The van der Waals surface area contributed by atoms with Crippen LogP contribution < -0.4 is 20.9 Å². The molecule has 1 aromatic carbocycles. The highest BCUT2D eigenvalue weighted by atomic mass is 32.2. The van der Waals surface area contributed by atoms with Crippen LogP contribution in [-0.4, -0.2) is 73.7 Å². The Balaban J connectivity index is 1.96. The zero-order valence-corrected chi connectivity index (χ0v) is 20.5. The molecule has 0 aromatic heterocycles. The third kappa shape index (κ3) is 7.57. The van der Waals surface area contributed by atoms with Gasteiger partial charge in [-0.15, -0.1) is 0 Å². The van der Waals surface area contributed by atoms with Gasteiger partial charge < -0.3 is 20.1 Å². The first-order valence-electron chi connectivity index (χ1n) is 10.7. The van der Waals surface area contributed by atoms with Crippen LogP contribution in [0.15, 0.2) is 29.2 Å². The van der Waals surface area contributed by atoms with E-state index in [4.69, 9.17) is 14.7 Å². The largest absolute Gasteiger partial charge is 0.497 e. The molecule has 0 spiro atoms. The molecular weight excluding hydrogens is 468 g/mol. The smallest absolute Gasteiger partial charge is 0.407 e. The highest BCUT2D eigenvalue weighted by Crippen LogP contribution is 2.27. The van der Waals surface area contributed by atoms with Crippen molar-refractivity contribution in [3.63, 3.8) is 0 Å². The van der Waals surface area contributed by atoms with E-state index in [-0.39, 0.29) is 36.7 Å². The first kappa shape index (κ1) is 27.3. The number of rotatable bonds is 9. The van der Waals surface area contributed by atoms with Crippen LogP contribution in [0.3, 0.4) is 0 Å². The van der Waals surface area contributed by atoms with Crippen molar-refractivity contribution in [1.29, 1.82) is 0 Å². The van der Waals surface area contributed by atoms with E-state index in [0.29, 0.717) is 12.2 Å². The second-order valence-corrected chi connectivity index (χ2v) is 10.7. The number of carbonyl (C=O) groups is 3. The average Bonchev–Trinajstić information content (AvgIpc) is 3.19. The van der Waals surface area contributed by atoms with Gasteiger partial charge in [0.2, 0.25) is 15.9 Å². The number of hydrogen-bond donors (Lipinski definition) is 4. The Kier molecular flexibility index (Phi) is 9.24. The Bertz CT molecular complexity index is 975. The summed E-state index contributed by atoms with van der Waals surface area (Å²) in [6.45, 7) is 5.30. The van der Waals surface area contributed by atoms with Gasteiger partial charge in [0.1, 0.15) is 17.4 Å². The summed E-state index contributed by atoms with van der Waals surface area (Å²) in [6.07, 6.45) is -0.175. The molecule has 0 aliphatic carbocycles. The van der Waals surface area contributed by atoms with Crippen LogP contribution in [0.25, 0.3) is 0 Å². The SMILES string of the molecule is COc1ccc(S(=O)(=O)N2C[C@H](NC(=O)CCCNC(=O)OC(C)(C)C)C[C@@H]2C(=O)NO)cc1. The summed E-state index contributed by atoms with van der Waals surface area (Å²) in [7, 11) is -2.64. The number of methoxy groups -OCH3 is 1. The predicted molar refractivity (Wildman–Crippen MR) is 121 cm³/mol. The lowest BCUT2D eigenvalue weighted by Gasteiger charge is -2.22. The number of sulfonamides is 1. The fraction of sp³-hybridized carbons (Fsp3) is 0.571. The van der Waals surface area contributed by atoms with Crippen LogP contribution in [0.5, 0.6) is 5.75 Å². The molecule has 1 aliphatic heterocycles. The zero-order valence-electron chi connectivity index (χ0n) is 19.7. The number of nitrogens with zero attached hydrogens (tertiary/aromatic N) is 1. The third-order valence-electron chi connectivity index (χ3n) is 4.95. The van der Waals surface area contributed by atoms with Crippen molar-refractivity contribution in [3.8, 4) is 5.75 Å². The van der Waals surface area contributed by atoms with Gasteiger partial charge in [0.25, 0.3) is 5.91 Å². The molecule has 1 saturated heterocycles. The van der Waals surface area contributed by atoms with Crippen molar-refractivity contribution >= 4 is 27.9 Å². The van der Waals surface area contributed by atoms with Gasteiger partial charge in [-0.05, 0) is 57.9 Å². The number of benzene rings is 1. The molecule has 1 aliphatic rings. The van der Waals surface area contributed by atoms with E-state index in [1.54, 1.807) is 20.8 Å². The summed E-state index contributed by atoms with van der Waals surface area (Å²) < 4.78 is 37.4. The molecule has 13 heteroatoms. The summed E-state index contributed by atoms with van der Waals surface area (Å²) in [6, 6.07) is 3.83. The van der Waals surface area contributed by atoms with Crippen LogP contribution in [0, 0.1) is 0 Å². The van der Waals surface area contributed by atoms with Gasteiger partial charge in [-0.1, -0.05) is 0 Å². The maximum Gasteiger partial charge on any atom is 0.407 e. The molecular formula is C21H32N4O8S. The summed E-state index contributed by atoms with van der Waals surface area (Å²) in [5.74, 6) is -0.783. The van der Waals surface area contributed by atoms with Crippen LogP contribution >= 0.6 is 0 Å². The topological polar surface area (TPSA) is 163 Å². The van der Waals surface area contributed by atoms with Crippen LogP contribution in [0.4, 0.5) is 4.79 Å². The highest BCUT2D eigenvalue weighted by Gasteiger charge is 2.44. The summed E-state index contributed by atoms with van der Waals surface area (Å²) in [5.41, 5.74) is 0.866. The molecule has 1 heterocycles. The van der Waals surface area contributed by atoms with Crippen molar-refractivity contribution in [3.05, 3.63) is 24.3 Å². The van der Waals surface area contributed by atoms with Gasteiger partial charge in [0.05, 0.1) is 12.0 Å². The summed E-state index contributed by atoms with van der Waals surface area (Å²) >= 11 is 0. The van der Waals surface area contributed by atoms with Crippen LogP contribution in [-0.2, 0) is 24.3 Å². The van der Waals surface area contributed by atoms with E-state index in [2.05, 4.69) is 10.6 Å². The standard InChI is InChI=1S/C21H32N4O8S/c1-21(2,3)33-20(28)22-11-5-6-18(26)23-14-12-17(19(27)24-29)25(13-14)34(30,31)16-9-7-15(32-4)8-10-16/h7-10,14,17,29H,5-6,11-13H2,1-4H3,(H,22,28)(H,23,26)(H,24,27)/t14-,17-/m1/s1. The quantitative estimate of drug-likeness (QED) is 0.219. The molecule has 3 amide bonds. The molecule has 2 rings (SSSR count). The summed E-state index contributed by atoms with van der Waals surface area (Å²) in [4.78, 5) is 36.1.